The average Bonchev–Trinajstić information content (AvgIpc) is 3.16. The summed E-state index contributed by atoms with van der Waals surface area (Å²) in [5.41, 5.74) is 4.03. The number of ether oxygens (including phenoxy) is 1. The van der Waals surface area contributed by atoms with Gasteiger partial charge in [-0.05, 0) is 51.2 Å². The van der Waals surface area contributed by atoms with Gasteiger partial charge in [-0.2, -0.15) is 5.10 Å². The fourth-order valence-corrected chi connectivity index (χ4v) is 3.78. The lowest BCUT2D eigenvalue weighted by molar-refractivity contribution is 0.416. The molecule has 0 fully saturated rings. The first-order valence-corrected chi connectivity index (χ1v) is 10.6. The van der Waals surface area contributed by atoms with Crippen molar-refractivity contribution >= 4 is 16.7 Å². The number of anilines is 1. The van der Waals surface area contributed by atoms with Crippen molar-refractivity contribution in [2.24, 2.45) is 0 Å². The summed E-state index contributed by atoms with van der Waals surface area (Å²) in [7, 11) is 5.63. The van der Waals surface area contributed by atoms with Gasteiger partial charge in [-0.15, -0.1) is 0 Å². The summed E-state index contributed by atoms with van der Waals surface area (Å²) in [6.07, 6.45) is 1.04. The second kappa shape index (κ2) is 9.23. The number of aryl methyl sites for hydroxylation is 1. The monoisotopic (exact) mass is 432 g/mol. The number of aromatic nitrogens is 4. The first-order valence-electron chi connectivity index (χ1n) is 10.6. The maximum absolute atomic E-state index is 13.1. The molecule has 2 N–H and O–H groups in total. The SMILES string of the molecule is CNCCCN(C)c1ccc(-c2nc3c(C)nn(-c4ccccc4)c3c(=O)[nH]2)c(OC)c1. The molecule has 4 rings (SSSR count). The van der Waals surface area contributed by atoms with Crippen molar-refractivity contribution in [1.29, 1.82) is 0 Å². The van der Waals surface area contributed by atoms with Gasteiger partial charge in [-0.3, -0.25) is 4.79 Å². The highest BCUT2D eigenvalue weighted by Crippen LogP contribution is 2.32. The second-order valence-electron chi connectivity index (χ2n) is 7.71. The van der Waals surface area contributed by atoms with Crippen LogP contribution in [-0.4, -0.2) is 54.0 Å². The third-order valence-corrected chi connectivity index (χ3v) is 5.50. The van der Waals surface area contributed by atoms with Crippen LogP contribution in [0.2, 0.25) is 0 Å². The number of nitrogens with one attached hydrogen (secondary N) is 2. The van der Waals surface area contributed by atoms with Crippen LogP contribution < -0.4 is 20.5 Å². The van der Waals surface area contributed by atoms with E-state index in [1.807, 2.05) is 62.5 Å². The topological polar surface area (TPSA) is 88.1 Å². The minimum Gasteiger partial charge on any atom is -0.496 e. The Morgan fingerprint density at radius 1 is 1.19 bits per heavy atom. The highest BCUT2D eigenvalue weighted by Gasteiger charge is 2.18. The maximum atomic E-state index is 13.1. The van der Waals surface area contributed by atoms with E-state index in [1.54, 1.807) is 11.8 Å². The van der Waals surface area contributed by atoms with Crippen LogP contribution in [0.3, 0.4) is 0 Å². The molecule has 8 heteroatoms. The Labute approximate surface area is 186 Å². The van der Waals surface area contributed by atoms with Crippen molar-refractivity contribution in [2.75, 3.05) is 39.2 Å². The van der Waals surface area contributed by atoms with Crippen molar-refractivity contribution in [3.8, 4) is 22.8 Å². The predicted molar refractivity (Wildman–Crippen MR) is 128 cm³/mol. The second-order valence-corrected chi connectivity index (χ2v) is 7.71. The van der Waals surface area contributed by atoms with Gasteiger partial charge >= 0.3 is 0 Å². The van der Waals surface area contributed by atoms with E-state index < -0.39 is 0 Å². The summed E-state index contributed by atoms with van der Waals surface area (Å²) in [5.74, 6) is 1.11. The van der Waals surface area contributed by atoms with Crippen molar-refractivity contribution in [3.63, 3.8) is 0 Å². The number of nitrogens with zero attached hydrogens (tertiary/aromatic N) is 4. The van der Waals surface area contributed by atoms with Crippen LogP contribution in [0.4, 0.5) is 5.69 Å². The van der Waals surface area contributed by atoms with Crippen LogP contribution in [0.25, 0.3) is 28.1 Å². The largest absolute Gasteiger partial charge is 0.496 e. The molecule has 0 aliphatic carbocycles. The summed E-state index contributed by atoms with van der Waals surface area (Å²) < 4.78 is 7.29. The van der Waals surface area contributed by atoms with Gasteiger partial charge in [0.2, 0.25) is 0 Å². The van der Waals surface area contributed by atoms with Crippen LogP contribution in [0.15, 0.2) is 53.3 Å². The number of benzene rings is 2. The van der Waals surface area contributed by atoms with E-state index in [4.69, 9.17) is 9.72 Å². The number of hydrogen-bond acceptors (Lipinski definition) is 6. The highest BCUT2D eigenvalue weighted by molar-refractivity contribution is 5.81. The summed E-state index contributed by atoms with van der Waals surface area (Å²) >= 11 is 0. The molecule has 0 bridgehead atoms. The third kappa shape index (κ3) is 4.09. The van der Waals surface area contributed by atoms with Gasteiger partial charge in [-0.25, -0.2) is 9.67 Å². The standard InChI is InChI=1S/C24H28N6O2/c1-16-21-22(30(28-16)17-9-6-5-7-10-17)24(31)27-23(26-21)19-12-11-18(15-20(19)32-4)29(3)14-8-13-25-2/h5-7,9-12,15,25H,8,13-14H2,1-4H3,(H,26,27,31). The molecule has 0 aliphatic rings. The molecule has 0 saturated carbocycles. The summed E-state index contributed by atoms with van der Waals surface area (Å²) in [4.78, 5) is 22.9. The molecule has 2 aromatic heterocycles. The van der Waals surface area contributed by atoms with Gasteiger partial charge in [0.25, 0.3) is 5.56 Å². The van der Waals surface area contributed by atoms with E-state index in [1.165, 1.54) is 0 Å². The molecule has 0 amide bonds. The maximum Gasteiger partial charge on any atom is 0.277 e. The van der Waals surface area contributed by atoms with Gasteiger partial charge in [0, 0.05) is 25.3 Å². The van der Waals surface area contributed by atoms with Crippen molar-refractivity contribution < 1.29 is 4.74 Å². The van der Waals surface area contributed by atoms with Gasteiger partial charge in [-0.1, -0.05) is 18.2 Å². The molecule has 8 nitrogen and oxygen atoms in total. The first-order chi connectivity index (χ1) is 15.5. The van der Waals surface area contributed by atoms with Crippen molar-refractivity contribution in [2.45, 2.75) is 13.3 Å². The Balaban J connectivity index is 1.75. The molecular formula is C24H28N6O2. The van der Waals surface area contributed by atoms with Crippen molar-refractivity contribution in [1.82, 2.24) is 25.1 Å². The molecule has 0 saturated heterocycles. The number of hydrogen-bond donors (Lipinski definition) is 2. The average molecular weight is 433 g/mol. The van der Waals surface area contributed by atoms with E-state index in [2.05, 4.69) is 27.3 Å². The Morgan fingerprint density at radius 3 is 2.69 bits per heavy atom. The van der Waals surface area contributed by atoms with Crippen LogP contribution in [-0.2, 0) is 0 Å². The lowest BCUT2D eigenvalue weighted by Crippen LogP contribution is -2.22. The Hall–Kier alpha value is -3.65. The van der Waals surface area contributed by atoms with Crippen LogP contribution in [0, 0.1) is 6.92 Å². The molecule has 0 radical (unpaired) electrons. The molecule has 0 atom stereocenters. The zero-order valence-corrected chi connectivity index (χ0v) is 18.8. The number of fused-ring (bicyclic) bond motifs is 1. The van der Waals surface area contributed by atoms with E-state index in [9.17, 15) is 4.79 Å². The van der Waals surface area contributed by atoms with Crippen LogP contribution in [0.5, 0.6) is 5.75 Å². The molecule has 2 aromatic carbocycles. The number of rotatable bonds is 8. The number of para-hydroxylation sites is 1. The Kier molecular flexibility index (Phi) is 6.23. The van der Waals surface area contributed by atoms with Gasteiger partial charge in [0.15, 0.2) is 5.52 Å². The Morgan fingerprint density at radius 2 is 1.97 bits per heavy atom. The van der Waals surface area contributed by atoms with Gasteiger partial charge < -0.3 is 19.9 Å². The van der Waals surface area contributed by atoms with E-state index >= 15 is 0 Å². The summed E-state index contributed by atoms with van der Waals surface area (Å²) in [6.45, 7) is 3.74. The van der Waals surface area contributed by atoms with Gasteiger partial charge in [0.1, 0.15) is 17.1 Å². The smallest absolute Gasteiger partial charge is 0.277 e. The summed E-state index contributed by atoms with van der Waals surface area (Å²) in [6, 6.07) is 15.5. The molecule has 0 spiro atoms. The van der Waals surface area contributed by atoms with Crippen LogP contribution >= 0.6 is 0 Å². The summed E-state index contributed by atoms with van der Waals surface area (Å²) in [5, 5.41) is 7.73. The minimum absolute atomic E-state index is 0.246. The quantitative estimate of drug-likeness (QED) is 0.416. The number of methoxy groups -OCH3 is 1. The molecule has 166 valence electrons. The molecular weight excluding hydrogens is 404 g/mol. The molecule has 0 unspecified atom stereocenters. The van der Waals surface area contributed by atoms with E-state index in [0.29, 0.717) is 28.3 Å². The lowest BCUT2D eigenvalue weighted by atomic mass is 10.1. The molecule has 2 heterocycles. The van der Waals surface area contributed by atoms with Crippen LogP contribution in [0.1, 0.15) is 12.1 Å². The highest BCUT2D eigenvalue weighted by atomic mass is 16.5. The number of aromatic amines is 1. The molecule has 0 aliphatic heterocycles. The first kappa shape index (κ1) is 21.6. The zero-order chi connectivity index (χ0) is 22.7. The zero-order valence-electron chi connectivity index (χ0n) is 18.8. The fourth-order valence-electron chi connectivity index (χ4n) is 3.78. The Bertz CT molecular complexity index is 1280. The molecule has 4 aromatic rings. The van der Waals surface area contributed by atoms with Crippen molar-refractivity contribution in [3.05, 3.63) is 64.6 Å². The minimum atomic E-state index is -0.246. The lowest BCUT2D eigenvalue weighted by Gasteiger charge is -2.20. The van der Waals surface area contributed by atoms with E-state index in [0.717, 1.165) is 36.4 Å². The van der Waals surface area contributed by atoms with Gasteiger partial charge in [0.05, 0.1) is 24.1 Å². The molecule has 32 heavy (non-hydrogen) atoms. The normalized spacial score (nSPS) is 11.1. The number of H-pyrrole nitrogens is 1. The fraction of sp³-hybridized carbons (Fsp3) is 0.292. The predicted octanol–water partition coefficient (Wildman–Crippen LogP) is 3.14. The van der Waals surface area contributed by atoms with E-state index in [-0.39, 0.29) is 5.56 Å². The third-order valence-electron chi connectivity index (χ3n) is 5.50.